The van der Waals surface area contributed by atoms with Crippen molar-refractivity contribution < 1.29 is 18.3 Å². The van der Waals surface area contributed by atoms with Crippen LogP contribution in [0.4, 0.5) is 11.4 Å². The van der Waals surface area contributed by atoms with E-state index in [0.29, 0.717) is 0 Å². The number of nitrogens with two attached hydrogens (primary N) is 1. The van der Waals surface area contributed by atoms with Crippen LogP contribution in [-0.4, -0.2) is 25.2 Å². The van der Waals surface area contributed by atoms with Gasteiger partial charge in [-0.1, -0.05) is 0 Å². The Hall–Kier alpha value is -1.76. The fourth-order valence-electron chi connectivity index (χ4n) is 1.03. The lowest BCUT2D eigenvalue weighted by atomic mass is 10.2. The highest BCUT2D eigenvalue weighted by molar-refractivity contribution is 7.92. The molecule has 0 fully saturated rings. The summed E-state index contributed by atoms with van der Waals surface area (Å²) in [5, 5.41) is 8.68. The monoisotopic (exact) mass is 244 g/mol. The van der Waals surface area contributed by atoms with Crippen LogP contribution >= 0.6 is 0 Å². The normalized spacial score (nSPS) is 11.1. The van der Waals surface area contributed by atoms with Gasteiger partial charge in [-0.05, 0) is 25.1 Å². The second kappa shape index (κ2) is 4.40. The van der Waals surface area contributed by atoms with Crippen molar-refractivity contribution in [3.63, 3.8) is 0 Å². The first kappa shape index (κ1) is 12.3. The smallest absolute Gasteiger partial charge is 0.335 e. The molecule has 0 heterocycles. The quantitative estimate of drug-likeness (QED) is 0.676. The zero-order valence-electron chi connectivity index (χ0n) is 8.60. The lowest BCUT2D eigenvalue weighted by Crippen LogP contribution is -2.16. The molecule has 0 radical (unpaired) electrons. The van der Waals surface area contributed by atoms with Gasteiger partial charge in [-0.25, -0.2) is 13.2 Å². The van der Waals surface area contributed by atoms with Crippen molar-refractivity contribution in [2.24, 2.45) is 0 Å². The third-order valence-electron chi connectivity index (χ3n) is 1.94. The molecular weight excluding hydrogens is 232 g/mol. The zero-order valence-corrected chi connectivity index (χ0v) is 9.41. The Kier molecular flexibility index (Phi) is 3.38. The molecule has 0 spiro atoms. The van der Waals surface area contributed by atoms with Crippen molar-refractivity contribution in [3.8, 4) is 0 Å². The van der Waals surface area contributed by atoms with Gasteiger partial charge in [0.1, 0.15) is 0 Å². The van der Waals surface area contributed by atoms with Gasteiger partial charge in [-0.2, -0.15) is 0 Å². The fourth-order valence-corrected chi connectivity index (χ4v) is 1.69. The van der Waals surface area contributed by atoms with Gasteiger partial charge in [0, 0.05) is 0 Å². The summed E-state index contributed by atoms with van der Waals surface area (Å²) < 4.78 is 24.8. The van der Waals surface area contributed by atoms with E-state index in [1.54, 1.807) is 0 Å². The Bertz CT molecular complexity index is 510. The lowest BCUT2D eigenvalue weighted by Gasteiger charge is -2.09. The van der Waals surface area contributed by atoms with Crippen LogP contribution in [0.1, 0.15) is 17.3 Å². The van der Waals surface area contributed by atoms with E-state index in [-0.39, 0.29) is 22.7 Å². The van der Waals surface area contributed by atoms with E-state index in [9.17, 15) is 13.2 Å². The average molecular weight is 244 g/mol. The van der Waals surface area contributed by atoms with Gasteiger partial charge in [-0.15, -0.1) is 0 Å². The highest BCUT2D eigenvalue weighted by Gasteiger charge is 2.11. The molecule has 6 nitrogen and oxygen atoms in total. The van der Waals surface area contributed by atoms with E-state index in [2.05, 4.69) is 4.72 Å². The molecule has 0 saturated carbocycles. The van der Waals surface area contributed by atoms with E-state index in [0.717, 1.165) is 0 Å². The second-order valence-corrected chi connectivity index (χ2v) is 5.12. The first-order valence-corrected chi connectivity index (χ1v) is 6.14. The SMILES string of the molecule is CCS(=O)(=O)Nc1ccc(C(=O)O)cc1N. The van der Waals surface area contributed by atoms with Gasteiger partial charge < -0.3 is 10.8 Å². The van der Waals surface area contributed by atoms with Crippen molar-refractivity contribution in [3.05, 3.63) is 23.8 Å². The summed E-state index contributed by atoms with van der Waals surface area (Å²) in [6, 6.07) is 3.81. The number of carboxylic acid groups (broad SMARTS) is 1. The van der Waals surface area contributed by atoms with E-state index in [1.807, 2.05) is 0 Å². The summed E-state index contributed by atoms with van der Waals surface area (Å²) in [7, 11) is -3.41. The highest BCUT2D eigenvalue weighted by atomic mass is 32.2. The molecule has 0 saturated heterocycles. The molecule has 0 aliphatic heterocycles. The maximum Gasteiger partial charge on any atom is 0.335 e. The lowest BCUT2D eigenvalue weighted by molar-refractivity contribution is 0.0697. The number of aromatic carboxylic acids is 1. The molecule has 0 bridgehead atoms. The summed E-state index contributed by atoms with van der Waals surface area (Å²) in [4.78, 5) is 10.6. The summed E-state index contributed by atoms with van der Waals surface area (Å²) in [6.07, 6.45) is 0. The van der Waals surface area contributed by atoms with Crippen LogP contribution in [0.25, 0.3) is 0 Å². The van der Waals surface area contributed by atoms with Crippen LogP contribution in [-0.2, 0) is 10.0 Å². The predicted molar refractivity (Wildman–Crippen MR) is 60.9 cm³/mol. The first-order chi connectivity index (χ1) is 7.35. The van der Waals surface area contributed by atoms with Crippen molar-refractivity contribution >= 4 is 27.4 Å². The molecule has 0 atom stereocenters. The number of rotatable bonds is 4. The largest absolute Gasteiger partial charge is 0.478 e. The molecule has 1 aromatic carbocycles. The van der Waals surface area contributed by atoms with Crippen LogP contribution in [0.5, 0.6) is 0 Å². The number of carbonyl (C=O) groups is 1. The van der Waals surface area contributed by atoms with Crippen LogP contribution < -0.4 is 10.5 Å². The molecule has 0 unspecified atom stereocenters. The van der Waals surface area contributed by atoms with Gasteiger partial charge in [0.2, 0.25) is 10.0 Å². The zero-order chi connectivity index (χ0) is 12.3. The summed E-state index contributed by atoms with van der Waals surface area (Å²) >= 11 is 0. The third-order valence-corrected chi connectivity index (χ3v) is 3.24. The molecule has 7 heteroatoms. The molecule has 16 heavy (non-hydrogen) atoms. The molecule has 0 aromatic heterocycles. The van der Waals surface area contributed by atoms with E-state index in [4.69, 9.17) is 10.8 Å². The minimum atomic E-state index is -3.41. The number of carboxylic acids is 1. The van der Waals surface area contributed by atoms with E-state index in [1.165, 1.54) is 25.1 Å². The number of sulfonamides is 1. The van der Waals surface area contributed by atoms with Crippen LogP contribution in [0.3, 0.4) is 0 Å². The van der Waals surface area contributed by atoms with Gasteiger partial charge in [0.15, 0.2) is 0 Å². The summed E-state index contributed by atoms with van der Waals surface area (Å²) in [5.74, 6) is -1.19. The minimum Gasteiger partial charge on any atom is -0.478 e. The number of anilines is 2. The molecule has 0 aliphatic rings. The Morgan fingerprint density at radius 3 is 2.56 bits per heavy atom. The Balaban J connectivity index is 3.05. The van der Waals surface area contributed by atoms with Crippen molar-refractivity contribution in [1.29, 1.82) is 0 Å². The molecular formula is C9H12N2O4S. The molecule has 4 N–H and O–H groups in total. The van der Waals surface area contributed by atoms with Gasteiger partial charge >= 0.3 is 5.97 Å². The van der Waals surface area contributed by atoms with E-state index < -0.39 is 16.0 Å². The number of nitrogens with one attached hydrogen (secondary N) is 1. The van der Waals surface area contributed by atoms with Crippen molar-refractivity contribution in [2.75, 3.05) is 16.2 Å². The maximum absolute atomic E-state index is 11.3. The first-order valence-electron chi connectivity index (χ1n) is 4.49. The topological polar surface area (TPSA) is 109 Å². The van der Waals surface area contributed by atoms with Crippen LogP contribution in [0, 0.1) is 0 Å². The molecule has 1 aromatic rings. The standard InChI is InChI=1S/C9H12N2O4S/c1-2-16(14,15)11-8-4-3-6(9(12)13)5-7(8)10/h3-5,11H,2,10H2,1H3,(H,12,13). The van der Waals surface area contributed by atoms with E-state index >= 15 is 0 Å². The van der Waals surface area contributed by atoms with Gasteiger partial charge in [0.05, 0.1) is 22.7 Å². The predicted octanol–water partition coefficient (Wildman–Crippen LogP) is 0.729. The molecule has 1 rings (SSSR count). The Morgan fingerprint density at radius 2 is 2.12 bits per heavy atom. The molecule has 0 aliphatic carbocycles. The average Bonchev–Trinajstić information content (AvgIpc) is 2.20. The number of benzene rings is 1. The number of nitrogen functional groups attached to an aromatic ring is 1. The summed E-state index contributed by atoms with van der Waals surface area (Å²) in [6.45, 7) is 1.49. The molecule has 0 amide bonds. The van der Waals surface area contributed by atoms with Crippen LogP contribution in [0.2, 0.25) is 0 Å². The maximum atomic E-state index is 11.3. The highest BCUT2D eigenvalue weighted by Crippen LogP contribution is 2.21. The fraction of sp³-hybridized carbons (Fsp3) is 0.222. The van der Waals surface area contributed by atoms with Gasteiger partial charge in [-0.3, -0.25) is 4.72 Å². The summed E-state index contributed by atoms with van der Waals surface area (Å²) in [5.41, 5.74) is 5.81. The Labute approximate surface area is 93.1 Å². The number of hydrogen-bond donors (Lipinski definition) is 3. The number of hydrogen-bond acceptors (Lipinski definition) is 4. The van der Waals surface area contributed by atoms with Gasteiger partial charge in [0.25, 0.3) is 0 Å². The van der Waals surface area contributed by atoms with Crippen LogP contribution in [0.15, 0.2) is 18.2 Å². The third kappa shape index (κ3) is 2.86. The van der Waals surface area contributed by atoms with Crippen molar-refractivity contribution in [2.45, 2.75) is 6.92 Å². The second-order valence-electron chi connectivity index (χ2n) is 3.11. The molecule has 88 valence electrons. The van der Waals surface area contributed by atoms with Crippen molar-refractivity contribution in [1.82, 2.24) is 0 Å². The minimum absolute atomic E-state index is 0.0111. The Morgan fingerprint density at radius 1 is 1.50 bits per heavy atom.